The van der Waals surface area contributed by atoms with Crippen LogP contribution in [0.2, 0.25) is 5.02 Å². The van der Waals surface area contributed by atoms with Crippen LogP contribution in [0.25, 0.3) is 6.08 Å². The molecule has 0 N–H and O–H groups in total. The summed E-state index contributed by atoms with van der Waals surface area (Å²) in [5.74, 6) is -0.208. The molecule has 36 heavy (non-hydrogen) atoms. The quantitative estimate of drug-likeness (QED) is 0.301. The van der Waals surface area contributed by atoms with Gasteiger partial charge >= 0.3 is 0 Å². The number of imide groups is 1. The van der Waals surface area contributed by atoms with Crippen LogP contribution in [0.3, 0.4) is 0 Å². The standard InChI is InChI=1S/C26H20ClF2NO5S/c1-33-22-13-17(12-21(27)24(22)35-15-16-3-2-4-19(29)11-16)14-23-25(31)30(26(32)36-23)9-10-34-20-7-5-18(28)6-8-20/h2-8,11-14H,9-10,15H2,1H3/b23-14-. The minimum Gasteiger partial charge on any atom is -0.493 e. The van der Waals surface area contributed by atoms with E-state index in [2.05, 4.69) is 0 Å². The number of rotatable bonds is 9. The fraction of sp³-hybridized carbons (Fsp3) is 0.154. The van der Waals surface area contributed by atoms with Crippen molar-refractivity contribution in [1.82, 2.24) is 4.90 Å². The number of benzene rings is 3. The lowest BCUT2D eigenvalue weighted by Gasteiger charge is -2.14. The molecule has 1 heterocycles. The van der Waals surface area contributed by atoms with Crippen LogP contribution in [0.5, 0.6) is 17.2 Å². The highest BCUT2D eigenvalue weighted by Crippen LogP contribution is 2.39. The maximum Gasteiger partial charge on any atom is 0.293 e. The summed E-state index contributed by atoms with van der Waals surface area (Å²) < 4.78 is 43.1. The van der Waals surface area contributed by atoms with Gasteiger partial charge in [-0.15, -0.1) is 0 Å². The second kappa shape index (κ2) is 11.5. The Kier molecular flexibility index (Phi) is 8.12. The largest absolute Gasteiger partial charge is 0.493 e. The first-order valence-electron chi connectivity index (χ1n) is 10.7. The molecule has 10 heteroatoms. The van der Waals surface area contributed by atoms with Crippen molar-refractivity contribution in [2.75, 3.05) is 20.3 Å². The zero-order valence-corrected chi connectivity index (χ0v) is 20.6. The molecule has 3 aromatic rings. The SMILES string of the molecule is COc1cc(/C=C2\SC(=O)N(CCOc3ccc(F)cc3)C2=O)cc(Cl)c1OCc1cccc(F)c1. The summed E-state index contributed by atoms with van der Waals surface area (Å²) in [4.78, 5) is 26.5. The molecule has 0 spiro atoms. The molecule has 0 atom stereocenters. The second-order valence-corrected chi connectivity index (χ2v) is 8.99. The summed E-state index contributed by atoms with van der Waals surface area (Å²) in [7, 11) is 1.44. The molecule has 1 fully saturated rings. The number of amides is 2. The molecule has 4 rings (SSSR count). The maximum absolute atomic E-state index is 13.4. The van der Waals surface area contributed by atoms with Gasteiger partial charge < -0.3 is 14.2 Å². The fourth-order valence-electron chi connectivity index (χ4n) is 3.38. The maximum atomic E-state index is 13.4. The summed E-state index contributed by atoms with van der Waals surface area (Å²) in [6, 6.07) is 14.6. The van der Waals surface area contributed by atoms with Gasteiger partial charge in [-0.25, -0.2) is 8.78 Å². The summed E-state index contributed by atoms with van der Waals surface area (Å²) in [6.07, 6.45) is 1.54. The zero-order valence-electron chi connectivity index (χ0n) is 19.0. The van der Waals surface area contributed by atoms with Gasteiger partial charge in [-0.05, 0) is 77.5 Å². The van der Waals surface area contributed by atoms with Crippen molar-refractivity contribution in [2.24, 2.45) is 0 Å². The van der Waals surface area contributed by atoms with E-state index in [1.165, 1.54) is 49.6 Å². The number of carbonyl (C=O) groups excluding carboxylic acids is 2. The van der Waals surface area contributed by atoms with E-state index in [0.717, 1.165) is 16.7 Å². The van der Waals surface area contributed by atoms with Crippen molar-refractivity contribution >= 4 is 40.6 Å². The Balaban J connectivity index is 1.43. The van der Waals surface area contributed by atoms with Gasteiger partial charge in [-0.1, -0.05) is 23.7 Å². The highest BCUT2D eigenvalue weighted by atomic mass is 35.5. The van der Waals surface area contributed by atoms with Crippen LogP contribution in [0, 0.1) is 11.6 Å². The predicted octanol–water partition coefficient (Wildman–Crippen LogP) is 6.32. The summed E-state index contributed by atoms with van der Waals surface area (Å²) in [5, 5.41) is -0.203. The van der Waals surface area contributed by atoms with Gasteiger partial charge in [0, 0.05) is 0 Å². The first-order chi connectivity index (χ1) is 17.3. The highest BCUT2D eigenvalue weighted by molar-refractivity contribution is 8.18. The molecule has 186 valence electrons. The predicted molar refractivity (Wildman–Crippen MR) is 133 cm³/mol. The third-order valence-electron chi connectivity index (χ3n) is 5.09. The fourth-order valence-corrected chi connectivity index (χ4v) is 4.51. The number of carbonyl (C=O) groups is 2. The summed E-state index contributed by atoms with van der Waals surface area (Å²) >= 11 is 7.21. The lowest BCUT2D eigenvalue weighted by molar-refractivity contribution is -0.123. The number of thioether (sulfide) groups is 1. The second-order valence-electron chi connectivity index (χ2n) is 7.59. The molecular formula is C26H20ClF2NO5S. The zero-order chi connectivity index (χ0) is 25.7. The van der Waals surface area contributed by atoms with Gasteiger partial charge in [0.15, 0.2) is 11.5 Å². The summed E-state index contributed by atoms with van der Waals surface area (Å²) in [5.41, 5.74) is 1.15. The van der Waals surface area contributed by atoms with Gasteiger partial charge in [-0.2, -0.15) is 0 Å². The molecule has 0 saturated carbocycles. The molecule has 1 saturated heterocycles. The normalized spacial score (nSPS) is 14.4. The average molecular weight is 532 g/mol. The van der Waals surface area contributed by atoms with E-state index < -0.39 is 11.1 Å². The monoisotopic (exact) mass is 531 g/mol. The summed E-state index contributed by atoms with van der Waals surface area (Å²) in [6.45, 7) is 0.177. The molecule has 0 aliphatic carbocycles. The first kappa shape index (κ1) is 25.5. The number of nitrogens with zero attached hydrogens (tertiary/aromatic N) is 1. The van der Waals surface area contributed by atoms with E-state index in [0.29, 0.717) is 22.6 Å². The highest BCUT2D eigenvalue weighted by Gasteiger charge is 2.35. The van der Waals surface area contributed by atoms with E-state index in [1.54, 1.807) is 24.3 Å². The van der Waals surface area contributed by atoms with Crippen LogP contribution in [0.15, 0.2) is 65.6 Å². The molecular weight excluding hydrogens is 512 g/mol. The van der Waals surface area contributed by atoms with Crippen LogP contribution in [0.1, 0.15) is 11.1 Å². The number of ether oxygens (including phenoxy) is 3. The Morgan fingerprint density at radius 2 is 1.78 bits per heavy atom. The Morgan fingerprint density at radius 3 is 2.50 bits per heavy atom. The van der Waals surface area contributed by atoms with Crippen molar-refractivity contribution in [3.63, 3.8) is 0 Å². The Labute approximate surface area is 215 Å². The van der Waals surface area contributed by atoms with E-state index >= 15 is 0 Å². The van der Waals surface area contributed by atoms with Gasteiger partial charge in [0.05, 0.1) is 23.6 Å². The molecule has 1 aliphatic rings. The molecule has 1 aliphatic heterocycles. The van der Waals surface area contributed by atoms with Gasteiger partial charge in [0.2, 0.25) is 0 Å². The van der Waals surface area contributed by atoms with Crippen LogP contribution >= 0.6 is 23.4 Å². The topological polar surface area (TPSA) is 65.1 Å². The van der Waals surface area contributed by atoms with Crippen LogP contribution < -0.4 is 14.2 Å². The molecule has 3 aromatic carbocycles. The van der Waals surface area contributed by atoms with E-state index in [4.69, 9.17) is 25.8 Å². The average Bonchev–Trinajstić information content (AvgIpc) is 3.11. The van der Waals surface area contributed by atoms with Crippen molar-refractivity contribution < 1.29 is 32.6 Å². The van der Waals surface area contributed by atoms with Gasteiger partial charge in [0.25, 0.3) is 11.1 Å². The Morgan fingerprint density at radius 1 is 1.00 bits per heavy atom. The minimum atomic E-state index is -0.464. The third kappa shape index (κ3) is 6.16. The third-order valence-corrected chi connectivity index (χ3v) is 6.28. The van der Waals surface area contributed by atoms with Crippen molar-refractivity contribution in [1.29, 1.82) is 0 Å². The number of methoxy groups -OCH3 is 1. The molecule has 0 aromatic heterocycles. The lowest BCUT2D eigenvalue weighted by atomic mass is 10.1. The van der Waals surface area contributed by atoms with Crippen molar-refractivity contribution in [3.8, 4) is 17.2 Å². The van der Waals surface area contributed by atoms with Crippen LogP contribution in [0.4, 0.5) is 13.6 Å². The van der Waals surface area contributed by atoms with E-state index in [-0.39, 0.29) is 47.1 Å². The van der Waals surface area contributed by atoms with Gasteiger partial charge in [0.1, 0.15) is 30.6 Å². The molecule has 0 unspecified atom stereocenters. The Bertz CT molecular complexity index is 1320. The van der Waals surface area contributed by atoms with Gasteiger partial charge in [-0.3, -0.25) is 14.5 Å². The first-order valence-corrected chi connectivity index (χ1v) is 11.9. The van der Waals surface area contributed by atoms with E-state index in [1.807, 2.05) is 0 Å². The van der Waals surface area contributed by atoms with Crippen molar-refractivity contribution in [2.45, 2.75) is 6.61 Å². The van der Waals surface area contributed by atoms with Crippen molar-refractivity contribution in [3.05, 3.63) is 93.4 Å². The lowest BCUT2D eigenvalue weighted by Crippen LogP contribution is -2.32. The van der Waals surface area contributed by atoms with Crippen LogP contribution in [-0.4, -0.2) is 36.3 Å². The molecule has 0 radical (unpaired) electrons. The van der Waals surface area contributed by atoms with Crippen LogP contribution in [-0.2, 0) is 11.4 Å². The molecule has 2 amide bonds. The molecule has 6 nitrogen and oxygen atoms in total. The Hall–Kier alpha value is -3.56. The number of hydrogen-bond donors (Lipinski definition) is 0. The molecule has 0 bridgehead atoms. The number of hydrogen-bond acceptors (Lipinski definition) is 6. The van der Waals surface area contributed by atoms with E-state index in [9.17, 15) is 18.4 Å². The smallest absolute Gasteiger partial charge is 0.293 e. The number of halogens is 3. The minimum absolute atomic E-state index is 0.0380.